The van der Waals surface area contributed by atoms with E-state index in [0.717, 1.165) is 25.7 Å². The molecule has 1 atom stereocenters. The fraction of sp³-hybridized carbons (Fsp3) is 0.929. The van der Waals surface area contributed by atoms with Crippen molar-refractivity contribution in [2.24, 2.45) is 5.92 Å². The Morgan fingerprint density at radius 3 is 2.00 bits per heavy atom. The topological polar surface area (TPSA) is 17.1 Å². The van der Waals surface area contributed by atoms with Gasteiger partial charge in [-0.15, -0.1) is 0 Å². The molecule has 0 aromatic carbocycles. The number of unbranched alkanes of at least 4 members (excludes halogenated alkanes) is 3. The van der Waals surface area contributed by atoms with Crippen LogP contribution in [-0.2, 0) is 4.79 Å². The van der Waals surface area contributed by atoms with Gasteiger partial charge in [0.1, 0.15) is 5.78 Å². The molecule has 0 radical (unpaired) electrons. The number of Topliss-reactive ketones (excluding diaryl/α,β-unsaturated/α-hetero) is 1. The molecule has 0 N–H and O–H groups in total. The van der Waals surface area contributed by atoms with E-state index in [1.807, 2.05) is 0 Å². The maximum atomic E-state index is 11.8. The number of hydrogen-bond acceptors (Lipinski definition) is 1. The quantitative estimate of drug-likeness (QED) is 0.478. The molecule has 0 aromatic heterocycles. The van der Waals surface area contributed by atoms with Crippen molar-refractivity contribution >= 4 is 5.78 Å². The molecule has 1 nitrogen and oxygen atoms in total. The summed E-state index contributed by atoms with van der Waals surface area (Å²) in [5.41, 5.74) is 0. The first kappa shape index (κ1) is 14.7. The Balaban J connectivity index is 3.87. The van der Waals surface area contributed by atoms with Crippen molar-refractivity contribution in [3.05, 3.63) is 0 Å². The van der Waals surface area contributed by atoms with Crippen LogP contribution in [0.15, 0.2) is 0 Å². The second kappa shape index (κ2) is 10.2. The second-order valence-corrected chi connectivity index (χ2v) is 4.55. The van der Waals surface area contributed by atoms with Gasteiger partial charge in [0.15, 0.2) is 0 Å². The smallest absolute Gasteiger partial charge is 0.135 e. The summed E-state index contributed by atoms with van der Waals surface area (Å²) in [6.07, 6.45) is 10.3. The first-order chi connectivity index (χ1) is 7.26. The Bertz CT molecular complexity index is 151. The minimum absolute atomic E-state index is 0.372. The summed E-state index contributed by atoms with van der Waals surface area (Å²) in [7, 11) is 0. The van der Waals surface area contributed by atoms with E-state index >= 15 is 0 Å². The predicted molar refractivity (Wildman–Crippen MR) is 67.1 cm³/mol. The minimum Gasteiger partial charge on any atom is -0.299 e. The van der Waals surface area contributed by atoms with Crippen molar-refractivity contribution in [3.8, 4) is 0 Å². The number of carbonyl (C=O) groups is 1. The van der Waals surface area contributed by atoms with Crippen LogP contribution >= 0.6 is 0 Å². The second-order valence-electron chi connectivity index (χ2n) is 4.55. The van der Waals surface area contributed by atoms with E-state index in [0.29, 0.717) is 11.7 Å². The van der Waals surface area contributed by atoms with Crippen molar-refractivity contribution in [2.75, 3.05) is 0 Å². The molecule has 15 heavy (non-hydrogen) atoms. The highest BCUT2D eigenvalue weighted by Crippen LogP contribution is 2.19. The Morgan fingerprint density at radius 2 is 1.47 bits per heavy atom. The summed E-state index contributed by atoms with van der Waals surface area (Å²) in [6, 6.07) is 0. The molecule has 0 aromatic rings. The van der Waals surface area contributed by atoms with Crippen LogP contribution in [0.4, 0.5) is 0 Å². The van der Waals surface area contributed by atoms with E-state index in [9.17, 15) is 4.79 Å². The molecule has 0 heterocycles. The van der Waals surface area contributed by atoms with Gasteiger partial charge in [-0.2, -0.15) is 0 Å². The number of rotatable bonds is 10. The van der Waals surface area contributed by atoms with E-state index in [2.05, 4.69) is 20.8 Å². The number of hydrogen-bond donors (Lipinski definition) is 0. The predicted octanol–water partition coefficient (Wildman–Crippen LogP) is 4.74. The van der Waals surface area contributed by atoms with Crippen LogP contribution in [0.1, 0.15) is 78.6 Å². The summed E-state index contributed by atoms with van der Waals surface area (Å²) in [5, 5.41) is 0. The van der Waals surface area contributed by atoms with E-state index in [4.69, 9.17) is 0 Å². The minimum atomic E-state index is 0.372. The molecule has 0 rings (SSSR count). The molecule has 0 bridgehead atoms. The van der Waals surface area contributed by atoms with E-state index < -0.39 is 0 Å². The number of carbonyl (C=O) groups excluding carboxylic acids is 1. The summed E-state index contributed by atoms with van der Waals surface area (Å²) < 4.78 is 0. The Kier molecular flexibility index (Phi) is 9.97. The Hall–Kier alpha value is -0.330. The molecule has 1 heteroatoms. The molecule has 0 fully saturated rings. The van der Waals surface area contributed by atoms with Gasteiger partial charge in [0.25, 0.3) is 0 Å². The monoisotopic (exact) mass is 212 g/mol. The van der Waals surface area contributed by atoms with Crippen LogP contribution in [0.25, 0.3) is 0 Å². The highest BCUT2D eigenvalue weighted by Gasteiger charge is 2.15. The lowest BCUT2D eigenvalue weighted by atomic mass is 9.90. The maximum Gasteiger partial charge on any atom is 0.135 e. The van der Waals surface area contributed by atoms with Crippen LogP contribution in [-0.4, -0.2) is 5.78 Å². The van der Waals surface area contributed by atoms with E-state index in [1.165, 1.54) is 32.1 Å². The largest absolute Gasteiger partial charge is 0.299 e. The fourth-order valence-electron chi connectivity index (χ4n) is 2.01. The standard InChI is InChI=1S/C14H28O/c1-4-7-9-12-13(11-8-5-2)14(15)10-6-3/h13H,4-12H2,1-3H3. The van der Waals surface area contributed by atoms with E-state index in [1.54, 1.807) is 0 Å². The molecule has 0 aliphatic rings. The van der Waals surface area contributed by atoms with Crippen LogP contribution in [0.2, 0.25) is 0 Å². The van der Waals surface area contributed by atoms with Crippen LogP contribution in [0, 0.1) is 5.92 Å². The lowest BCUT2D eigenvalue weighted by Gasteiger charge is -2.14. The normalized spacial score (nSPS) is 12.7. The Labute approximate surface area is 95.6 Å². The van der Waals surface area contributed by atoms with Gasteiger partial charge in [-0.1, -0.05) is 52.9 Å². The lowest BCUT2D eigenvalue weighted by molar-refractivity contribution is -0.123. The molecule has 0 saturated carbocycles. The molecule has 90 valence electrons. The zero-order chi connectivity index (χ0) is 11.5. The van der Waals surface area contributed by atoms with Crippen molar-refractivity contribution in [3.63, 3.8) is 0 Å². The van der Waals surface area contributed by atoms with Gasteiger partial charge >= 0.3 is 0 Å². The molecule has 0 saturated heterocycles. The molecule has 0 amide bonds. The fourth-order valence-corrected chi connectivity index (χ4v) is 2.01. The third kappa shape index (κ3) is 7.58. The van der Waals surface area contributed by atoms with Gasteiger partial charge in [0.05, 0.1) is 0 Å². The van der Waals surface area contributed by atoms with Crippen molar-refractivity contribution in [2.45, 2.75) is 78.6 Å². The molecule has 0 aliphatic carbocycles. The number of ketones is 1. The van der Waals surface area contributed by atoms with E-state index in [-0.39, 0.29) is 0 Å². The zero-order valence-corrected chi connectivity index (χ0v) is 10.8. The maximum absolute atomic E-state index is 11.8. The van der Waals surface area contributed by atoms with Crippen molar-refractivity contribution in [1.29, 1.82) is 0 Å². The highest BCUT2D eigenvalue weighted by atomic mass is 16.1. The summed E-state index contributed by atoms with van der Waals surface area (Å²) in [4.78, 5) is 11.8. The van der Waals surface area contributed by atoms with Gasteiger partial charge in [-0.3, -0.25) is 4.79 Å². The van der Waals surface area contributed by atoms with Crippen molar-refractivity contribution in [1.82, 2.24) is 0 Å². The lowest BCUT2D eigenvalue weighted by Crippen LogP contribution is -2.14. The van der Waals surface area contributed by atoms with Crippen LogP contribution in [0.5, 0.6) is 0 Å². The van der Waals surface area contributed by atoms with Crippen LogP contribution < -0.4 is 0 Å². The third-order valence-corrected chi connectivity index (χ3v) is 3.01. The Morgan fingerprint density at radius 1 is 0.867 bits per heavy atom. The average Bonchev–Trinajstić information content (AvgIpc) is 2.23. The van der Waals surface area contributed by atoms with Gasteiger partial charge in [0.2, 0.25) is 0 Å². The van der Waals surface area contributed by atoms with Gasteiger partial charge in [0, 0.05) is 12.3 Å². The molecule has 0 spiro atoms. The summed E-state index contributed by atoms with van der Waals surface area (Å²) in [5.74, 6) is 0.888. The third-order valence-electron chi connectivity index (χ3n) is 3.01. The van der Waals surface area contributed by atoms with Crippen molar-refractivity contribution < 1.29 is 4.79 Å². The first-order valence-electron chi connectivity index (χ1n) is 6.78. The molecular weight excluding hydrogens is 184 g/mol. The average molecular weight is 212 g/mol. The summed E-state index contributed by atoms with van der Waals surface area (Å²) in [6.45, 7) is 6.52. The molecular formula is C14H28O. The van der Waals surface area contributed by atoms with Gasteiger partial charge < -0.3 is 0 Å². The summed E-state index contributed by atoms with van der Waals surface area (Å²) >= 11 is 0. The highest BCUT2D eigenvalue weighted by molar-refractivity contribution is 5.80. The SMILES string of the molecule is CCCCCC(CCCC)C(=O)CCC. The van der Waals surface area contributed by atoms with Gasteiger partial charge in [-0.05, 0) is 19.3 Å². The van der Waals surface area contributed by atoms with Gasteiger partial charge in [-0.25, -0.2) is 0 Å². The molecule has 0 aliphatic heterocycles. The molecule has 1 unspecified atom stereocenters. The first-order valence-corrected chi connectivity index (χ1v) is 6.78. The van der Waals surface area contributed by atoms with Crippen LogP contribution in [0.3, 0.4) is 0 Å². The zero-order valence-electron chi connectivity index (χ0n) is 10.8.